The highest BCUT2D eigenvalue weighted by Crippen LogP contribution is 2.37. The number of amides is 1. The molecule has 2 aromatic carbocycles. The van der Waals surface area contributed by atoms with Gasteiger partial charge in [-0.05, 0) is 29.3 Å². The van der Waals surface area contributed by atoms with Gasteiger partial charge in [0.25, 0.3) is 5.91 Å². The van der Waals surface area contributed by atoms with Gasteiger partial charge < -0.3 is 15.1 Å². The molecule has 5 nitrogen and oxygen atoms in total. The molecule has 1 unspecified atom stereocenters. The van der Waals surface area contributed by atoms with Gasteiger partial charge in [0.05, 0.1) is 18.2 Å². The van der Waals surface area contributed by atoms with Crippen LogP contribution in [0.4, 0.5) is 4.39 Å². The number of ketones is 1. The van der Waals surface area contributed by atoms with Crippen LogP contribution in [-0.4, -0.2) is 40.0 Å². The molecule has 138 valence electrons. The summed E-state index contributed by atoms with van der Waals surface area (Å²) in [7, 11) is 0. The third-order valence-electron chi connectivity index (χ3n) is 4.32. The molecule has 6 heteroatoms. The van der Waals surface area contributed by atoms with Crippen LogP contribution in [0.25, 0.3) is 6.08 Å². The summed E-state index contributed by atoms with van der Waals surface area (Å²) in [6, 6.07) is 13.6. The van der Waals surface area contributed by atoms with E-state index in [0.29, 0.717) is 5.56 Å². The highest BCUT2D eigenvalue weighted by atomic mass is 19.1. The summed E-state index contributed by atoms with van der Waals surface area (Å²) >= 11 is 0. The normalized spacial score (nSPS) is 17.2. The summed E-state index contributed by atoms with van der Waals surface area (Å²) in [5, 5.41) is 19.5. The minimum absolute atomic E-state index is 0.0654. The first-order chi connectivity index (χ1) is 13.0. The first-order valence-electron chi connectivity index (χ1n) is 8.41. The van der Waals surface area contributed by atoms with Gasteiger partial charge in [-0.1, -0.05) is 48.5 Å². The standard InChI is InChI=1S/C21H18FNO4/c22-16-9-7-15(8-10-16)19-18(20(26)21(27)23(19)12-13-24)17(25)11-6-14-4-2-1-3-5-14/h1-11,19,24,26H,12-13H2/b11-6+. The molecule has 0 saturated heterocycles. The van der Waals surface area contributed by atoms with Crippen molar-refractivity contribution in [1.82, 2.24) is 4.90 Å². The zero-order valence-electron chi connectivity index (χ0n) is 14.4. The van der Waals surface area contributed by atoms with Crippen LogP contribution in [0.1, 0.15) is 17.2 Å². The van der Waals surface area contributed by atoms with Gasteiger partial charge in [0, 0.05) is 6.54 Å². The van der Waals surface area contributed by atoms with Crippen LogP contribution < -0.4 is 0 Å². The SMILES string of the molecule is O=C(/C=C/c1ccccc1)C1=C(O)C(=O)N(CCO)C1c1ccc(F)cc1. The second kappa shape index (κ2) is 7.97. The number of β-amino-alcohol motifs (C(OH)–C–C–N with tert-alkyl or cyclic N) is 1. The molecule has 2 aromatic rings. The quantitative estimate of drug-likeness (QED) is 0.770. The van der Waals surface area contributed by atoms with Crippen molar-refractivity contribution in [2.75, 3.05) is 13.2 Å². The fourth-order valence-corrected chi connectivity index (χ4v) is 3.06. The number of nitrogens with zero attached hydrogens (tertiary/aromatic N) is 1. The van der Waals surface area contributed by atoms with Gasteiger partial charge >= 0.3 is 0 Å². The molecule has 1 aliphatic heterocycles. The Kier molecular flexibility index (Phi) is 5.47. The molecule has 1 atom stereocenters. The van der Waals surface area contributed by atoms with Crippen LogP contribution >= 0.6 is 0 Å². The Morgan fingerprint density at radius 3 is 2.41 bits per heavy atom. The van der Waals surface area contributed by atoms with E-state index in [1.54, 1.807) is 6.08 Å². The largest absolute Gasteiger partial charge is 0.503 e. The highest BCUT2D eigenvalue weighted by Gasteiger charge is 2.42. The third kappa shape index (κ3) is 3.80. The maximum Gasteiger partial charge on any atom is 0.290 e. The number of hydrogen-bond acceptors (Lipinski definition) is 4. The van der Waals surface area contributed by atoms with E-state index in [1.165, 1.54) is 35.2 Å². The van der Waals surface area contributed by atoms with Crippen LogP contribution in [0.3, 0.4) is 0 Å². The molecule has 0 fully saturated rings. The number of hydrogen-bond donors (Lipinski definition) is 2. The van der Waals surface area contributed by atoms with Crippen molar-refractivity contribution in [2.24, 2.45) is 0 Å². The molecule has 0 radical (unpaired) electrons. The van der Waals surface area contributed by atoms with Crippen molar-refractivity contribution in [1.29, 1.82) is 0 Å². The molecular formula is C21H18FNO4. The predicted molar refractivity (Wildman–Crippen MR) is 98.1 cm³/mol. The molecule has 27 heavy (non-hydrogen) atoms. The van der Waals surface area contributed by atoms with Crippen LogP contribution in [0, 0.1) is 5.82 Å². The Hall–Kier alpha value is -3.25. The van der Waals surface area contributed by atoms with E-state index in [2.05, 4.69) is 0 Å². The molecule has 1 amide bonds. The van der Waals surface area contributed by atoms with Crippen molar-refractivity contribution < 1.29 is 24.2 Å². The second-order valence-electron chi connectivity index (χ2n) is 6.05. The fraction of sp³-hybridized carbons (Fsp3) is 0.143. The minimum atomic E-state index is -0.891. The lowest BCUT2D eigenvalue weighted by atomic mass is 9.95. The zero-order valence-corrected chi connectivity index (χ0v) is 14.4. The van der Waals surface area contributed by atoms with Gasteiger partial charge in [0.2, 0.25) is 0 Å². The van der Waals surface area contributed by atoms with E-state index in [0.717, 1.165) is 5.56 Å². The van der Waals surface area contributed by atoms with Crippen molar-refractivity contribution >= 4 is 17.8 Å². The van der Waals surface area contributed by atoms with E-state index >= 15 is 0 Å². The number of carbonyl (C=O) groups excluding carboxylic acids is 2. The third-order valence-corrected chi connectivity index (χ3v) is 4.32. The van der Waals surface area contributed by atoms with Crippen LogP contribution in [0.5, 0.6) is 0 Å². The lowest BCUT2D eigenvalue weighted by molar-refractivity contribution is -0.129. The van der Waals surface area contributed by atoms with Gasteiger partial charge in [-0.15, -0.1) is 0 Å². The Morgan fingerprint density at radius 1 is 1.11 bits per heavy atom. The highest BCUT2D eigenvalue weighted by molar-refractivity contribution is 6.14. The fourth-order valence-electron chi connectivity index (χ4n) is 3.06. The van der Waals surface area contributed by atoms with Crippen LogP contribution in [-0.2, 0) is 9.59 Å². The molecule has 1 aliphatic rings. The lowest BCUT2D eigenvalue weighted by Crippen LogP contribution is -2.33. The second-order valence-corrected chi connectivity index (χ2v) is 6.05. The van der Waals surface area contributed by atoms with Crippen LogP contribution in [0.15, 0.2) is 72.0 Å². The smallest absolute Gasteiger partial charge is 0.290 e. The zero-order chi connectivity index (χ0) is 19.4. The Labute approximate surface area is 155 Å². The minimum Gasteiger partial charge on any atom is -0.503 e. The summed E-state index contributed by atoms with van der Waals surface area (Å²) in [6.45, 7) is -0.401. The van der Waals surface area contributed by atoms with Crippen LogP contribution in [0.2, 0.25) is 0 Å². The van der Waals surface area contributed by atoms with Gasteiger partial charge in [-0.25, -0.2) is 4.39 Å². The maximum atomic E-state index is 13.3. The molecule has 1 heterocycles. The van der Waals surface area contributed by atoms with Crippen molar-refractivity contribution in [2.45, 2.75) is 6.04 Å². The number of allylic oxidation sites excluding steroid dienone is 1. The number of halogens is 1. The van der Waals surface area contributed by atoms with Gasteiger partial charge in [-0.2, -0.15) is 0 Å². The topological polar surface area (TPSA) is 77.8 Å². The molecule has 0 bridgehead atoms. The van der Waals surface area contributed by atoms with Gasteiger partial charge in [-0.3, -0.25) is 9.59 Å². The lowest BCUT2D eigenvalue weighted by Gasteiger charge is -2.25. The first kappa shape index (κ1) is 18.5. The summed E-state index contributed by atoms with van der Waals surface area (Å²) in [6.07, 6.45) is 2.87. The van der Waals surface area contributed by atoms with Crippen molar-refractivity contribution in [3.63, 3.8) is 0 Å². The van der Waals surface area contributed by atoms with E-state index < -0.39 is 29.3 Å². The molecule has 2 N–H and O–H groups in total. The average molecular weight is 367 g/mol. The Balaban J connectivity index is 1.98. The number of aliphatic hydroxyl groups is 2. The molecule has 0 saturated carbocycles. The monoisotopic (exact) mass is 367 g/mol. The van der Waals surface area contributed by atoms with E-state index in [4.69, 9.17) is 0 Å². The van der Waals surface area contributed by atoms with Crippen molar-refractivity contribution in [3.8, 4) is 0 Å². The maximum absolute atomic E-state index is 13.3. The number of aliphatic hydroxyl groups excluding tert-OH is 2. The summed E-state index contributed by atoms with van der Waals surface area (Å²) in [4.78, 5) is 26.3. The molecule has 0 spiro atoms. The number of benzene rings is 2. The molecular weight excluding hydrogens is 349 g/mol. The van der Waals surface area contributed by atoms with Crippen molar-refractivity contribution in [3.05, 3.63) is 88.9 Å². The molecule has 3 rings (SSSR count). The number of rotatable bonds is 6. The molecule has 0 aliphatic carbocycles. The summed E-state index contributed by atoms with van der Waals surface area (Å²) < 4.78 is 13.3. The van der Waals surface area contributed by atoms with Gasteiger partial charge in [0.1, 0.15) is 5.82 Å². The van der Waals surface area contributed by atoms with E-state index in [9.17, 15) is 24.2 Å². The Bertz CT molecular complexity index is 904. The summed E-state index contributed by atoms with van der Waals surface area (Å²) in [5.74, 6) is -2.38. The van der Waals surface area contributed by atoms with E-state index in [-0.39, 0.29) is 18.7 Å². The molecule has 0 aromatic heterocycles. The predicted octanol–water partition coefficient (Wildman–Crippen LogP) is 2.80. The average Bonchev–Trinajstić information content (AvgIpc) is 2.93. The summed E-state index contributed by atoms with van der Waals surface area (Å²) in [5.41, 5.74) is 1.17. The Morgan fingerprint density at radius 2 is 1.78 bits per heavy atom. The van der Waals surface area contributed by atoms with E-state index in [1.807, 2.05) is 30.3 Å². The first-order valence-corrected chi connectivity index (χ1v) is 8.41. The van der Waals surface area contributed by atoms with Gasteiger partial charge in [0.15, 0.2) is 11.5 Å². The number of carbonyl (C=O) groups is 2.